The molecule has 0 atom stereocenters. The second kappa shape index (κ2) is 4.92. The van der Waals surface area contributed by atoms with Gasteiger partial charge < -0.3 is 0 Å². The zero-order chi connectivity index (χ0) is 4.83. The van der Waals surface area contributed by atoms with Gasteiger partial charge >= 0.3 is 0 Å². The van der Waals surface area contributed by atoms with E-state index in [0.717, 1.165) is 6.73 Å². The van der Waals surface area contributed by atoms with Gasteiger partial charge in [-0.1, -0.05) is 20.3 Å². The summed E-state index contributed by atoms with van der Waals surface area (Å²) in [4.78, 5) is 4.25. The van der Waals surface area contributed by atoms with Gasteiger partial charge in [-0.25, -0.2) is 0 Å². The highest BCUT2D eigenvalue weighted by Crippen LogP contribution is 1.70. The van der Waals surface area contributed by atoms with E-state index in [0.29, 0.717) is 0 Å². The molecule has 1 aliphatic heterocycles. The quantitative estimate of drug-likeness (QED) is 0.447. The first-order valence-corrected chi connectivity index (χ1v) is 2.26. The Kier molecular flexibility index (Phi) is 4.85. The fourth-order valence-corrected chi connectivity index (χ4v) is 0. The predicted octanol–water partition coefficient (Wildman–Crippen LogP) is 0.895. The zero-order valence-corrected chi connectivity index (χ0v) is 4.32. The minimum absolute atomic E-state index is 0.750. The lowest BCUT2D eigenvalue weighted by Gasteiger charge is -1.48. The molecule has 2 heteroatoms. The van der Waals surface area contributed by atoms with Crippen molar-refractivity contribution in [1.82, 2.24) is 5.48 Å². The summed E-state index contributed by atoms with van der Waals surface area (Å²) in [6.45, 7) is 5.00. The number of nitrogens with one attached hydrogen (secondary N) is 1. The van der Waals surface area contributed by atoms with Crippen molar-refractivity contribution in [2.24, 2.45) is 0 Å². The Morgan fingerprint density at radius 2 is 1.83 bits per heavy atom. The van der Waals surface area contributed by atoms with Crippen LogP contribution < -0.4 is 5.48 Å². The third-order valence-corrected chi connectivity index (χ3v) is 0.144. The fraction of sp³-hybridized carbons (Fsp3) is 1.00. The summed E-state index contributed by atoms with van der Waals surface area (Å²) in [5.41, 5.74) is 2.50. The van der Waals surface area contributed by atoms with Gasteiger partial charge in [0.15, 0.2) is 0 Å². The fourth-order valence-electron chi connectivity index (χ4n) is 0. The minimum atomic E-state index is 0.750. The SMILES string of the molecule is C1NO1.CCC. The average molecular weight is 89.1 g/mol. The molecule has 1 saturated heterocycles. The molecular weight excluding hydrogens is 78.0 g/mol. The molecule has 1 fully saturated rings. The first-order chi connectivity index (χ1) is 2.91. The maximum absolute atomic E-state index is 4.25. The van der Waals surface area contributed by atoms with Crippen LogP contribution in [0.15, 0.2) is 0 Å². The topological polar surface area (TPSA) is 34.5 Å². The average Bonchev–Trinajstić information content (AvgIpc) is 2.11. The maximum atomic E-state index is 4.25. The molecule has 1 N–H and O–H groups in total. The van der Waals surface area contributed by atoms with Gasteiger partial charge in [0.1, 0.15) is 6.73 Å². The zero-order valence-electron chi connectivity index (χ0n) is 4.32. The van der Waals surface area contributed by atoms with Gasteiger partial charge in [0.05, 0.1) is 0 Å². The van der Waals surface area contributed by atoms with Gasteiger partial charge in [-0.2, -0.15) is 5.48 Å². The molecule has 0 radical (unpaired) electrons. The lowest BCUT2D eigenvalue weighted by Crippen LogP contribution is -1.54. The van der Waals surface area contributed by atoms with Crippen molar-refractivity contribution in [2.75, 3.05) is 6.73 Å². The monoisotopic (exact) mass is 89.1 g/mol. The van der Waals surface area contributed by atoms with E-state index in [1.165, 1.54) is 6.42 Å². The Labute approximate surface area is 38.5 Å². The summed E-state index contributed by atoms with van der Waals surface area (Å²) in [5.74, 6) is 0. The summed E-state index contributed by atoms with van der Waals surface area (Å²) in [6, 6.07) is 0. The molecule has 1 heterocycles. The first kappa shape index (κ1) is 5.92. The van der Waals surface area contributed by atoms with E-state index >= 15 is 0 Å². The van der Waals surface area contributed by atoms with Crippen LogP contribution in [-0.4, -0.2) is 6.73 Å². The highest BCUT2D eigenvalue weighted by molar-refractivity contribution is 4.15. The van der Waals surface area contributed by atoms with Crippen LogP contribution in [0.3, 0.4) is 0 Å². The molecule has 0 unspecified atom stereocenters. The van der Waals surface area contributed by atoms with Crippen LogP contribution in [0.1, 0.15) is 20.3 Å². The van der Waals surface area contributed by atoms with Crippen molar-refractivity contribution >= 4 is 0 Å². The summed E-state index contributed by atoms with van der Waals surface area (Å²) >= 11 is 0. The molecule has 0 aromatic carbocycles. The summed E-state index contributed by atoms with van der Waals surface area (Å²) in [7, 11) is 0. The molecular formula is C4H11NO. The molecule has 38 valence electrons. The molecule has 0 aromatic rings. The molecule has 0 aliphatic carbocycles. The summed E-state index contributed by atoms with van der Waals surface area (Å²) in [5, 5.41) is 0. The maximum Gasteiger partial charge on any atom is 0.141 e. The molecule has 0 aromatic heterocycles. The van der Waals surface area contributed by atoms with Gasteiger partial charge in [-0.3, -0.25) is 4.84 Å². The van der Waals surface area contributed by atoms with Crippen molar-refractivity contribution in [3.05, 3.63) is 0 Å². The molecule has 1 aliphatic rings. The van der Waals surface area contributed by atoms with Crippen molar-refractivity contribution in [2.45, 2.75) is 20.3 Å². The Hall–Kier alpha value is -0.0800. The van der Waals surface area contributed by atoms with Crippen LogP contribution in [0, 0.1) is 0 Å². The lowest BCUT2D eigenvalue weighted by atomic mass is 10.6. The minimum Gasteiger partial charge on any atom is -0.282 e. The van der Waals surface area contributed by atoms with E-state index in [9.17, 15) is 0 Å². The molecule has 1 rings (SSSR count). The normalized spacial score (nSPS) is 15.0. The van der Waals surface area contributed by atoms with Crippen molar-refractivity contribution in [3.63, 3.8) is 0 Å². The summed E-state index contributed by atoms with van der Waals surface area (Å²) in [6.07, 6.45) is 1.25. The Balaban J connectivity index is 0.0000000833. The molecule has 0 amide bonds. The van der Waals surface area contributed by atoms with E-state index in [1.54, 1.807) is 0 Å². The Morgan fingerprint density at radius 1 is 1.67 bits per heavy atom. The number of hydroxylamine groups is 1. The smallest absolute Gasteiger partial charge is 0.141 e. The van der Waals surface area contributed by atoms with Crippen LogP contribution in [0.5, 0.6) is 0 Å². The molecule has 0 saturated carbocycles. The molecule has 0 bridgehead atoms. The van der Waals surface area contributed by atoms with Crippen LogP contribution in [0.25, 0.3) is 0 Å². The van der Waals surface area contributed by atoms with E-state index < -0.39 is 0 Å². The second-order valence-corrected chi connectivity index (χ2v) is 1.14. The van der Waals surface area contributed by atoms with Gasteiger partial charge in [0.2, 0.25) is 0 Å². The third kappa shape index (κ3) is 39.5. The van der Waals surface area contributed by atoms with Crippen LogP contribution in [0.2, 0.25) is 0 Å². The van der Waals surface area contributed by atoms with Gasteiger partial charge in [-0.05, 0) is 0 Å². The van der Waals surface area contributed by atoms with Crippen molar-refractivity contribution in [3.8, 4) is 0 Å². The number of hydrogen-bond donors (Lipinski definition) is 1. The number of rotatable bonds is 0. The van der Waals surface area contributed by atoms with E-state index in [4.69, 9.17) is 0 Å². The highest BCUT2D eigenvalue weighted by Gasteiger charge is 1.91. The van der Waals surface area contributed by atoms with Crippen LogP contribution in [-0.2, 0) is 4.84 Å². The standard InChI is InChI=1S/C3H8.CH3NO/c1-3-2;1-2-3-1/h3H2,1-2H3;2H,1H2. The Morgan fingerprint density at radius 3 is 1.83 bits per heavy atom. The van der Waals surface area contributed by atoms with E-state index in [2.05, 4.69) is 24.2 Å². The van der Waals surface area contributed by atoms with E-state index in [1.807, 2.05) is 0 Å². The molecule has 6 heavy (non-hydrogen) atoms. The number of hydrogen-bond acceptors (Lipinski definition) is 2. The molecule has 2 nitrogen and oxygen atoms in total. The van der Waals surface area contributed by atoms with Gasteiger partial charge in [0, 0.05) is 0 Å². The van der Waals surface area contributed by atoms with Crippen molar-refractivity contribution in [1.29, 1.82) is 0 Å². The van der Waals surface area contributed by atoms with Crippen LogP contribution in [0.4, 0.5) is 0 Å². The molecule has 0 spiro atoms. The Bertz CT molecular complexity index is 18.8. The second-order valence-electron chi connectivity index (χ2n) is 1.14. The lowest BCUT2D eigenvalue weighted by molar-refractivity contribution is 0.412. The third-order valence-electron chi connectivity index (χ3n) is 0.144. The largest absolute Gasteiger partial charge is 0.282 e. The van der Waals surface area contributed by atoms with E-state index in [-0.39, 0.29) is 0 Å². The van der Waals surface area contributed by atoms with Crippen molar-refractivity contribution < 1.29 is 4.84 Å². The van der Waals surface area contributed by atoms with Crippen LogP contribution >= 0.6 is 0 Å². The van der Waals surface area contributed by atoms with Gasteiger partial charge in [-0.15, -0.1) is 0 Å². The van der Waals surface area contributed by atoms with Gasteiger partial charge in [0.25, 0.3) is 0 Å². The highest BCUT2D eigenvalue weighted by atomic mass is 16.8. The first-order valence-electron chi connectivity index (χ1n) is 2.26. The summed E-state index contributed by atoms with van der Waals surface area (Å²) < 4.78 is 0. The predicted molar refractivity (Wildman–Crippen MR) is 25.1 cm³/mol.